The highest BCUT2D eigenvalue weighted by Gasteiger charge is 2.24. The van der Waals surface area contributed by atoms with Crippen LogP contribution in [0.1, 0.15) is 31.1 Å². The Kier molecular flexibility index (Phi) is 4.86. The first-order valence-electron chi connectivity index (χ1n) is 6.20. The normalized spacial score (nSPS) is 10.5. The van der Waals surface area contributed by atoms with Crippen LogP contribution in [-0.2, 0) is 0 Å². The summed E-state index contributed by atoms with van der Waals surface area (Å²) < 4.78 is 0. The summed E-state index contributed by atoms with van der Waals surface area (Å²) in [6.45, 7) is 6.88. The van der Waals surface area contributed by atoms with E-state index in [-0.39, 0.29) is 17.2 Å². The molecule has 0 heterocycles. The predicted octanol–water partition coefficient (Wildman–Crippen LogP) is 2.30. The molecular weight excluding hydrogens is 246 g/mol. The molecule has 0 aliphatic rings. The number of nitrogens with two attached hydrogens (primary N) is 1. The summed E-state index contributed by atoms with van der Waals surface area (Å²) in [6.07, 6.45) is 0. The smallest absolute Gasteiger partial charge is 0.282 e. The van der Waals surface area contributed by atoms with Crippen LogP contribution in [0.15, 0.2) is 18.2 Å². The zero-order chi connectivity index (χ0) is 14.6. The molecule has 0 saturated carbocycles. The quantitative estimate of drug-likeness (QED) is 0.502. The summed E-state index contributed by atoms with van der Waals surface area (Å²) in [4.78, 5) is 24.3. The van der Waals surface area contributed by atoms with E-state index in [2.05, 4.69) is 0 Å². The Balaban J connectivity index is 3.16. The van der Waals surface area contributed by atoms with Crippen LogP contribution >= 0.6 is 0 Å². The van der Waals surface area contributed by atoms with E-state index in [1.54, 1.807) is 4.90 Å². The van der Waals surface area contributed by atoms with Crippen LogP contribution in [0, 0.1) is 16.0 Å². The van der Waals surface area contributed by atoms with E-state index >= 15 is 0 Å². The topological polar surface area (TPSA) is 89.5 Å². The van der Waals surface area contributed by atoms with Gasteiger partial charge in [0.2, 0.25) is 0 Å². The maximum Gasteiger partial charge on any atom is 0.282 e. The van der Waals surface area contributed by atoms with Gasteiger partial charge in [0.05, 0.1) is 4.92 Å². The molecule has 0 spiro atoms. The van der Waals surface area contributed by atoms with Crippen molar-refractivity contribution in [2.24, 2.45) is 5.92 Å². The number of nitro benzene ring substituents is 1. The molecule has 19 heavy (non-hydrogen) atoms. The minimum Gasteiger partial charge on any atom is -0.399 e. The Hall–Kier alpha value is -2.11. The second-order valence-electron chi connectivity index (χ2n) is 4.77. The van der Waals surface area contributed by atoms with E-state index in [1.165, 1.54) is 18.2 Å². The van der Waals surface area contributed by atoms with E-state index in [0.717, 1.165) is 0 Å². The fraction of sp³-hybridized carbons (Fsp3) is 0.462. The average molecular weight is 265 g/mol. The summed E-state index contributed by atoms with van der Waals surface area (Å²) in [7, 11) is 0. The fourth-order valence-corrected chi connectivity index (χ4v) is 1.85. The van der Waals surface area contributed by atoms with Crippen LogP contribution in [0.5, 0.6) is 0 Å². The SMILES string of the molecule is CCN(CC(C)C)C(=O)c1cc(N)ccc1[N+](=O)[O-]. The molecule has 0 bridgehead atoms. The molecule has 0 atom stereocenters. The number of nitrogen functional groups attached to an aromatic ring is 1. The van der Waals surface area contributed by atoms with Crippen molar-refractivity contribution in [3.8, 4) is 0 Å². The van der Waals surface area contributed by atoms with Gasteiger partial charge in [-0.15, -0.1) is 0 Å². The van der Waals surface area contributed by atoms with Crippen molar-refractivity contribution in [3.63, 3.8) is 0 Å². The zero-order valence-corrected chi connectivity index (χ0v) is 11.4. The second-order valence-corrected chi connectivity index (χ2v) is 4.77. The average Bonchev–Trinajstić information content (AvgIpc) is 2.34. The van der Waals surface area contributed by atoms with Crippen LogP contribution in [-0.4, -0.2) is 28.8 Å². The van der Waals surface area contributed by atoms with Crippen molar-refractivity contribution in [2.45, 2.75) is 20.8 Å². The van der Waals surface area contributed by atoms with E-state index in [4.69, 9.17) is 5.73 Å². The minimum absolute atomic E-state index is 0.0486. The molecule has 0 unspecified atom stereocenters. The lowest BCUT2D eigenvalue weighted by Crippen LogP contribution is -2.34. The van der Waals surface area contributed by atoms with Gasteiger partial charge in [0.25, 0.3) is 11.6 Å². The molecule has 2 N–H and O–H groups in total. The highest BCUT2D eigenvalue weighted by atomic mass is 16.6. The number of rotatable bonds is 5. The maximum atomic E-state index is 12.4. The predicted molar refractivity (Wildman–Crippen MR) is 73.9 cm³/mol. The van der Waals surface area contributed by atoms with Gasteiger partial charge in [-0.1, -0.05) is 13.8 Å². The molecule has 0 radical (unpaired) electrons. The Morgan fingerprint density at radius 1 is 1.47 bits per heavy atom. The van der Waals surface area contributed by atoms with Gasteiger partial charge in [0.1, 0.15) is 5.56 Å². The lowest BCUT2D eigenvalue weighted by atomic mass is 10.1. The Morgan fingerprint density at radius 3 is 2.58 bits per heavy atom. The molecule has 1 rings (SSSR count). The van der Waals surface area contributed by atoms with Crippen molar-refractivity contribution >= 4 is 17.3 Å². The summed E-state index contributed by atoms with van der Waals surface area (Å²) in [5.74, 6) is -0.0563. The van der Waals surface area contributed by atoms with Gasteiger partial charge in [-0.25, -0.2) is 0 Å². The van der Waals surface area contributed by atoms with Crippen molar-refractivity contribution < 1.29 is 9.72 Å². The molecule has 6 heteroatoms. The third-order valence-electron chi connectivity index (χ3n) is 2.70. The van der Waals surface area contributed by atoms with Gasteiger partial charge in [-0.3, -0.25) is 14.9 Å². The molecule has 0 aromatic heterocycles. The maximum absolute atomic E-state index is 12.4. The standard InChI is InChI=1S/C13H19N3O3/c1-4-15(8-9(2)3)13(17)11-7-10(14)5-6-12(11)16(18)19/h5-7,9H,4,8,14H2,1-3H3. The van der Waals surface area contributed by atoms with E-state index in [0.29, 0.717) is 24.7 Å². The molecule has 0 aliphatic heterocycles. The molecule has 104 valence electrons. The van der Waals surface area contributed by atoms with Gasteiger partial charge in [0, 0.05) is 24.8 Å². The fourth-order valence-electron chi connectivity index (χ4n) is 1.85. The molecule has 1 aromatic rings. The molecule has 1 aromatic carbocycles. The first-order valence-corrected chi connectivity index (χ1v) is 6.20. The monoisotopic (exact) mass is 265 g/mol. The Bertz CT molecular complexity index is 486. The number of amides is 1. The number of carbonyl (C=O) groups is 1. The highest BCUT2D eigenvalue weighted by molar-refractivity contribution is 5.99. The van der Waals surface area contributed by atoms with Crippen molar-refractivity contribution in [1.29, 1.82) is 0 Å². The third-order valence-corrected chi connectivity index (χ3v) is 2.70. The van der Waals surface area contributed by atoms with Crippen LogP contribution in [0.3, 0.4) is 0 Å². The number of hydrogen-bond acceptors (Lipinski definition) is 4. The van der Waals surface area contributed by atoms with Crippen molar-refractivity contribution in [3.05, 3.63) is 33.9 Å². The number of nitro groups is 1. The summed E-state index contributed by atoms with van der Waals surface area (Å²) in [5.41, 5.74) is 5.80. The minimum atomic E-state index is -0.560. The number of carbonyl (C=O) groups excluding carboxylic acids is 1. The van der Waals surface area contributed by atoms with E-state index in [1.807, 2.05) is 20.8 Å². The third kappa shape index (κ3) is 3.67. The van der Waals surface area contributed by atoms with Gasteiger partial charge in [0.15, 0.2) is 0 Å². The van der Waals surface area contributed by atoms with Crippen LogP contribution < -0.4 is 5.73 Å². The summed E-state index contributed by atoms with van der Waals surface area (Å²) in [5, 5.41) is 11.0. The van der Waals surface area contributed by atoms with Gasteiger partial charge in [-0.05, 0) is 25.0 Å². The number of nitrogens with zero attached hydrogens (tertiary/aromatic N) is 2. The Morgan fingerprint density at radius 2 is 2.11 bits per heavy atom. The second kappa shape index (κ2) is 6.17. The number of hydrogen-bond donors (Lipinski definition) is 1. The molecule has 0 saturated heterocycles. The lowest BCUT2D eigenvalue weighted by molar-refractivity contribution is -0.385. The lowest BCUT2D eigenvalue weighted by Gasteiger charge is -2.23. The Labute approximate surface area is 112 Å². The summed E-state index contributed by atoms with van der Waals surface area (Å²) >= 11 is 0. The van der Waals surface area contributed by atoms with Crippen molar-refractivity contribution in [2.75, 3.05) is 18.8 Å². The highest BCUT2D eigenvalue weighted by Crippen LogP contribution is 2.23. The van der Waals surface area contributed by atoms with Crippen LogP contribution in [0.2, 0.25) is 0 Å². The largest absolute Gasteiger partial charge is 0.399 e. The van der Waals surface area contributed by atoms with Crippen molar-refractivity contribution in [1.82, 2.24) is 4.90 Å². The first kappa shape index (κ1) is 14.9. The van der Waals surface area contributed by atoms with E-state index in [9.17, 15) is 14.9 Å². The first-order chi connectivity index (χ1) is 8.86. The molecule has 0 aliphatic carbocycles. The molecule has 6 nitrogen and oxygen atoms in total. The number of anilines is 1. The van der Waals surface area contributed by atoms with Gasteiger partial charge < -0.3 is 10.6 Å². The molecule has 1 amide bonds. The van der Waals surface area contributed by atoms with E-state index < -0.39 is 4.92 Å². The van der Waals surface area contributed by atoms with Gasteiger partial charge in [-0.2, -0.15) is 0 Å². The number of benzene rings is 1. The van der Waals surface area contributed by atoms with Gasteiger partial charge >= 0.3 is 0 Å². The molecular formula is C13H19N3O3. The zero-order valence-electron chi connectivity index (χ0n) is 11.4. The van der Waals surface area contributed by atoms with Crippen LogP contribution in [0.4, 0.5) is 11.4 Å². The summed E-state index contributed by atoms with van der Waals surface area (Å²) in [6, 6.07) is 4.06. The van der Waals surface area contributed by atoms with Crippen LogP contribution in [0.25, 0.3) is 0 Å². The molecule has 0 fully saturated rings.